The first-order valence-electron chi connectivity index (χ1n) is 8.39. The molecule has 0 aromatic rings. The minimum atomic E-state index is -0.368. The second kappa shape index (κ2) is 7.63. The Hall–Kier alpha value is 0.170. The van der Waals surface area contributed by atoms with Gasteiger partial charge in [-0.1, -0.05) is 12.8 Å². The Morgan fingerprint density at radius 3 is 2.10 bits per heavy atom. The summed E-state index contributed by atoms with van der Waals surface area (Å²) in [4.78, 5) is 2.49. The van der Waals surface area contributed by atoms with Crippen molar-refractivity contribution in [1.29, 1.82) is 0 Å². The van der Waals surface area contributed by atoms with E-state index in [2.05, 4.69) is 32.6 Å². The molecule has 0 amide bonds. The van der Waals surface area contributed by atoms with Crippen molar-refractivity contribution in [2.45, 2.75) is 95.9 Å². The van der Waals surface area contributed by atoms with Gasteiger partial charge in [0.05, 0.1) is 18.8 Å². The van der Waals surface area contributed by atoms with E-state index in [1.165, 1.54) is 44.9 Å². The van der Waals surface area contributed by atoms with E-state index in [1.807, 2.05) is 0 Å². The lowest BCUT2D eigenvalue weighted by atomic mass is 9.79. The highest BCUT2D eigenvalue weighted by Gasteiger charge is 2.41. The molecule has 2 rings (SSSR count). The lowest BCUT2D eigenvalue weighted by molar-refractivity contribution is -0.0780. The third kappa shape index (κ3) is 5.09. The molecule has 3 nitrogen and oxygen atoms in total. The van der Waals surface area contributed by atoms with E-state index >= 15 is 0 Å². The maximum atomic E-state index is 10.4. The molecule has 0 bridgehead atoms. The third-order valence-electron chi connectivity index (χ3n) is 5.26. The normalized spacial score (nSPS) is 27.3. The lowest BCUT2D eigenvalue weighted by Gasteiger charge is -2.53. The van der Waals surface area contributed by atoms with E-state index in [0.717, 1.165) is 6.54 Å². The molecule has 1 saturated carbocycles. The van der Waals surface area contributed by atoms with E-state index < -0.39 is 0 Å². The van der Waals surface area contributed by atoms with Crippen LogP contribution in [0.25, 0.3) is 0 Å². The Morgan fingerprint density at radius 1 is 1.05 bits per heavy atom. The summed E-state index contributed by atoms with van der Waals surface area (Å²) in [6.45, 7) is 10.4. The second-order valence-corrected chi connectivity index (χ2v) is 7.98. The smallest absolute Gasteiger partial charge is 0.0900 e. The van der Waals surface area contributed by atoms with Gasteiger partial charge in [0.1, 0.15) is 0 Å². The topological polar surface area (TPSA) is 32.7 Å². The number of β-amino-alcohol motifs (C(OH)–C–C–N with tert-alkyl or cyclic N) is 1. The zero-order valence-electron chi connectivity index (χ0n) is 14.2. The predicted octanol–water partition coefficient (Wildman–Crippen LogP) is 3.77. The average molecular weight is 320 g/mol. The molecular formula is C17H34ClNO2. The first kappa shape index (κ1) is 19.2. The molecule has 1 atom stereocenters. The van der Waals surface area contributed by atoms with Crippen LogP contribution in [0.5, 0.6) is 0 Å². The molecule has 0 radical (unpaired) electrons. The Labute approximate surface area is 136 Å². The van der Waals surface area contributed by atoms with Crippen LogP contribution in [0.15, 0.2) is 0 Å². The zero-order chi connectivity index (χ0) is 14.8. The van der Waals surface area contributed by atoms with Crippen LogP contribution in [-0.2, 0) is 4.74 Å². The lowest BCUT2D eigenvalue weighted by Crippen LogP contribution is -2.60. The average Bonchev–Trinajstić information content (AvgIpc) is 2.84. The number of piperidine rings is 1. The van der Waals surface area contributed by atoms with Crippen LogP contribution < -0.4 is 0 Å². The fourth-order valence-electron chi connectivity index (χ4n) is 4.10. The largest absolute Gasteiger partial charge is 0.389 e. The molecule has 126 valence electrons. The van der Waals surface area contributed by atoms with Crippen molar-refractivity contribution in [2.24, 2.45) is 0 Å². The molecule has 0 spiro atoms. The highest BCUT2D eigenvalue weighted by molar-refractivity contribution is 5.85. The third-order valence-corrected chi connectivity index (χ3v) is 5.26. The molecule has 1 saturated heterocycles. The number of aliphatic hydroxyl groups excluding tert-OH is 1. The first-order chi connectivity index (χ1) is 9.31. The van der Waals surface area contributed by atoms with Crippen molar-refractivity contribution in [3.63, 3.8) is 0 Å². The highest BCUT2D eigenvalue weighted by Crippen LogP contribution is 2.38. The van der Waals surface area contributed by atoms with Crippen LogP contribution in [-0.4, -0.2) is 46.4 Å². The number of nitrogens with zero attached hydrogens (tertiary/aromatic N) is 1. The van der Waals surface area contributed by atoms with Gasteiger partial charge in [-0.3, -0.25) is 4.90 Å². The van der Waals surface area contributed by atoms with E-state index in [9.17, 15) is 5.11 Å². The predicted molar refractivity (Wildman–Crippen MR) is 90.2 cm³/mol. The number of halogens is 1. The van der Waals surface area contributed by atoms with Crippen molar-refractivity contribution < 1.29 is 9.84 Å². The van der Waals surface area contributed by atoms with Gasteiger partial charge < -0.3 is 9.84 Å². The molecule has 1 unspecified atom stereocenters. The SMILES string of the molecule is CC1(C)CCCC(C)(C)N1CC(O)COC1CCCC1.Cl. The fourth-order valence-corrected chi connectivity index (χ4v) is 4.10. The summed E-state index contributed by atoms with van der Waals surface area (Å²) in [6.07, 6.45) is 8.66. The maximum Gasteiger partial charge on any atom is 0.0900 e. The molecule has 0 aromatic heterocycles. The number of ether oxygens (including phenoxy) is 1. The Kier molecular flexibility index (Phi) is 6.98. The molecule has 1 heterocycles. The second-order valence-electron chi connectivity index (χ2n) is 7.98. The Balaban J connectivity index is 0.00000220. The van der Waals surface area contributed by atoms with Crippen LogP contribution in [0.1, 0.15) is 72.6 Å². The quantitative estimate of drug-likeness (QED) is 0.837. The monoisotopic (exact) mass is 319 g/mol. The minimum absolute atomic E-state index is 0. The number of likely N-dealkylation sites (tertiary alicyclic amines) is 1. The summed E-state index contributed by atoms with van der Waals surface area (Å²) in [7, 11) is 0. The van der Waals surface area contributed by atoms with Gasteiger partial charge in [0.25, 0.3) is 0 Å². The molecule has 1 N–H and O–H groups in total. The molecule has 1 aliphatic heterocycles. The summed E-state index contributed by atoms with van der Waals surface area (Å²) in [6, 6.07) is 0. The molecule has 2 aliphatic rings. The van der Waals surface area contributed by atoms with Gasteiger partial charge in [0.2, 0.25) is 0 Å². The Bertz CT molecular complexity index is 298. The summed E-state index contributed by atoms with van der Waals surface area (Å²) in [5, 5.41) is 10.4. The van der Waals surface area contributed by atoms with Gasteiger partial charge in [-0.25, -0.2) is 0 Å². The van der Waals surface area contributed by atoms with Gasteiger partial charge in [-0.05, 0) is 59.8 Å². The fraction of sp³-hybridized carbons (Fsp3) is 1.00. The number of hydrogen-bond donors (Lipinski definition) is 1. The van der Waals surface area contributed by atoms with Gasteiger partial charge >= 0.3 is 0 Å². The molecule has 0 aromatic carbocycles. The van der Waals surface area contributed by atoms with Crippen molar-refractivity contribution >= 4 is 12.4 Å². The molecule has 1 aliphatic carbocycles. The standard InChI is InChI=1S/C17H33NO2.ClH/c1-16(2)10-7-11-17(3,4)18(16)12-14(19)13-20-15-8-5-6-9-15;/h14-15,19H,5-13H2,1-4H3;1H. The summed E-state index contributed by atoms with van der Waals surface area (Å²) < 4.78 is 5.87. The van der Waals surface area contributed by atoms with Crippen LogP contribution in [0.4, 0.5) is 0 Å². The first-order valence-corrected chi connectivity index (χ1v) is 8.39. The van der Waals surface area contributed by atoms with E-state index in [4.69, 9.17) is 4.74 Å². The van der Waals surface area contributed by atoms with Crippen LogP contribution in [0, 0.1) is 0 Å². The van der Waals surface area contributed by atoms with Crippen molar-refractivity contribution in [1.82, 2.24) is 4.90 Å². The van der Waals surface area contributed by atoms with Gasteiger partial charge in [-0.15, -0.1) is 12.4 Å². The van der Waals surface area contributed by atoms with E-state index in [-0.39, 0.29) is 29.6 Å². The van der Waals surface area contributed by atoms with Crippen LogP contribution in [0.2, 0.25) is 0 Å². The number of hydrogen-bond acceptors (Lipinski definition) is 3. The van der Waals surface area contributed by atoms with Gasteiger partial charge in [0.15, 0.2) is 0 Å². The summed E-state index contributed by atoms with van der Waals surface area (Å²) >= 11 is 0. The summed E-state index contributed by atoms with van der Waals surface area (Å²) in [5.74, 6) is 0. The van der Waals surface area contributed by atoms with Crippen LogP contribution in [0.3, 0.4) is 0 Å². The van der Waals surface area contributed by atoms with Crippen LogP contribution >= 0.6 is 12.4 Å². The number of aliphatic hydroxyl groups is 1. The zero-order valence-corrected chi connectivity index (χ0v) is 15.0. The maximum absolute atomic E-state index is 10.4. The van der Waals surface area contributed by atoms with Crippen molar-refractivity contribution in [3.8, 4) is 0 Å². The van der Waals surface area contributed by atoms with Gasteiger partial charge in [-0.2, -0.15) is 0 Å². The highest BCUT2D eigenvalue weighted by atomic mass is 35.5. The summed E-state index contributed by atoms with van der Waals surface area (Å²) in [5.41, 5.74) is 0.353. The molecular weight excluding hydrogens is 286 g/mol. The van der Waals surface area contributed by atoms with Crippen molar-refractivity contribution in [2.75, 3.05) is 13.2 Å². The van der Waals surface area contributed by atoms with Gasteiger partial charge in [0, 0.05) is 17.6 Å². The Morgan fingerprint density at radius 2 is 1.57 bits per heavy atom. The minimum Gasteiger partial charge on any atom is -0.389 e. The van der Waals surface area contributed by atoms with E-state index in [1.54, 1.807) is 0 Å². The van der Waals surface area contributed by atoms with E-state index in [0.29, 0.717) is 12.7 Å². The number of rotatable bonds is 5. The molecule has 4 heteroatoms. The molecule has 21 heavy (non-hydrogen) atoms. The van der Waals surface area contributed by atoms with Crippen molar-refractivity contribution in [3.05, 3.63) is 0 Å². The molecule has 2 fully saturated rings.